The summed E-state index contributed by atoms with van der Waals surface area (Å²) in [6.07, 6.45) is 0.981. The monoisotopic (exact) mass is 538 g/mol. The molecule has 4 rings (SSSR count). The highest BCUT2D eigenvalue weighted by Crippen LogP contribution is 2.28. The lowest BCUT2D eigenvalue weighted by Crippen LogP contribution is -2.46. The summed E-state index contributed by atoms with van der Waals surface area (Å²) in [5.41, 5.74) is 15.0. The zero-order valence-corrected chi connectivity index (χ0v) is 21.9. The Morgan fingerprint density at radius 3 is 2.63 bits per heavy atom. The van der Waals surface area contributed by atoms with E-state index in [4.69, 9.17) is 25.7 Å². The average molecular weight is 539 g/mol. The molecule has 0 saturated carbocycles. The van der Waals surface area contributed by atoms with E-state index in [0.717, 1.165) is 11.1 Å². The third kappa shape index (κ3) is 6.95. The van der Waals surface area contributed by atoms with Crippen LogP contribution in [0.4, 0.5) is 16.4 Å². The standard InChI is InChI=1S/C25H30N8O4S/c1-25(38,37-19-6-4-3-5-18(19)26)33(2)11-12-35-24(34)28-13-16-7-9-17(10-8-16)14-36-22-20-21(30-15-29-20)31-23(27)32-22/h3-10,15,38H,11-14,26H2,1-2H3,(H,28,34)(H3,27,29,30,31,32). The van der Waals surface area contributed by atoms with Gasteiger partial charge in [-0.1, -0.05) is 36.4 Å². The second kappa shape index (κ2) is 11.9. The van der Waals surface area contributed by atoms with E-state index in [2.05, 4.69) is 37.9 Å². The zero-order chi connectivity index (χ0) is 27.1. The summed E-state index contributed by atoms with van der Waals surface area (Å²) in [7, 11) is 1.82. The summed E-state index contributed by atoms with van der Waals surface area (Å²) in [4.78, 5) is 29.2. The van der Waals surface area contributed by atoms with Gasteiger partial charge in [0, 0.05) is 13.1 Å². The van der Waals surface area contributed by atoms with Crippen molar-refractivity contribution in [3.63, 3.8) is 0 Å². The molecule has 1 unspecified atom stereocenters. The second-order valence-electron chi connectivity index (χ2n) is 8.58. The summed E-state index contributed by atoms with van der Waals surface area (Å²) in [5, 5.41) is 1.79. The van der Waals surface area contributed by atoms with E-state index in [1.54, 1.807) is 19.1 Å². The predicted octanol–water partition coefficient (Wildman–Crippen LogP) is 2.94. The molecule has 0 aliphatic rings. The molecule has 2 aromatic heterocycles. The fourth-order valence-electron chi connectivity index (χ4n) is 3.40. The number of benzene rings is 2. The molecule has 6 N–H and O–H groups in total. The molecule has 0 aliphatic heterocycles. The molecule has 2 heterocycles. The third-order valence-electron chi connectivity index (χ3n) is 5.69. The maximum absolute atomic E-state index is 12.2. The van der Waals surface area contributed by atoms with Gasteiger partial charge < -0.3 is 36.0 Å². The molecule has 4 aromatic rings. The van der Waals surface area contributed by atoms with E-state index in [0.29, 0.717) is 41.6 Å². The molecule has 12 nitrogen and oxygen atoms in total. The van der Waals surface area contributed by atoms with E-state index >= 15 is 0 Å². The minimum Gasteiger partial charge on any atom is -0.471 e. The quantitative estimate of drug-likeness (QED) is 0.109. The van der Waals surface area contributed by atoms with Crippen molar-refractivity contribution < 1.29 is 19.0 Å². The van der Waals surface area contributed by atoms with Crippen LogP contribution in [0.1, 0.15) is 18.1 Å². The molecule has 2 aromatic carbocycles. The number of carbonyl (C=O) groups is 1. The predicted molar refractivity (Wildman–Crippen MR) is 147 cm³/mol. The molecule has 0 radical (unpaired) electrons. The first-order valence-corrected chi connectivity index (χ1v) is 12.2. The normalized spacial score (nSPS) is 12.7. The summed E-state index contributed by atoms with van der Waals surface area (Å²) in [5.74, 6) is 0.936. The van der Waals surface area contributed by atoms with Crippen LogP contribution in [-0.2, 0) is 17.9 Å². The van der Waals surface area contributed by atoms with E-state index in [9.17, 15) is 4.79 Å². The molecule has 200 valence electrons. The first-order chi connectivity index (χ1) is 18.2. The Labute approximate surface area is 225 Å². The number of aromatic amines is 1. The van der Waals surface area contributed by atoms with Crippen LogP contribution in [0.3, 0.4) is 0 Å². The van der Waals surface area contributed by atoms with Gasteiger partial charge in [-0.2, -0.15) is 9.97 Å². The number of H-pyrrole nitrogens is 1. The van der Waals surface area contributed by atoms with Crippen LogP contribution in [0.5, 0.6) is 11.6 Å². The Morgan fingerprint density at radius 2 is 1.87 bits per heavy atom. The number of nitrogens with zero attached hydrogens (tertiary/aromatic N) is 4. The van der Waals surface area contributed by atoms with Crippen LogP contribution in [0.15, 0.2) is 54.9 Å². The zero-order valence-electron chi connectivity index (χ0n) is 21.0. The van der Waals surface area contributed by atoms with Gasteiger partial charge in [-0.15, -0.1) is 12.6 Å². The number of carbonyl (C=O) groups excluding carboxylic acids is 1. The fourth-order valence-corrected chi connectivity index (χ4v) is 3.60. The summed E-state index contributed by atoms with van der Waals surface area (Å²) >= 11 is 4.58. The first-order valence-electron chi connectivity index (χ1n) is 11.8. The van der Waals surface area contributed by atoms with Crippen LogP contribution in [-0.4, -0.2) is 56.2 Å². The van der Waals surface area contributed by atoms with Gasteiger partial charge in [0.2, 0.25) is 16.9 Å². The maximum atomic E-state index is 12.2. The van der Waals surface area contributed by atoms with Gasteiger partial charge in [-0.25, -0.2) is 9.78 Å². The SMILES string of the molecule is CN(CCOC(=O)NCc1ccc(COc2nc(N)nc3[nH]cnc23)cc1)C(C)(S)Oc1ccccc1N. The highest BCUT2D eigenvalue weighted by atomic mass is 32.1. The van der Waals surface area contributed by atoms with Crippen LogP contribution >= 0.6 is 12.6 Å². The van der Waals surface area contributed by atoms with Gasteiger partial charge in [-0.05, 0) is 37.2 Å². The molecule has 0 bridgehead atoms. The van der Waals surface area contributed by atoms with Crippen molar-refractivity contribution in [2.24, 2.45) is 0 Å². The Morgan fingerprint density at radius 1 is 1.13 bits per heavy atom. The number of imidazole rings is 1. The van der Waals surface area contributed by atoms with Crippen LogP contribution < -0.4 is 26.3 Å². The van der Waals surface area contributed by atoms with E-state index in [1.807, 2.05) is 48.3 Å². The number of nitrogen functional groups attached to an aromatic ring is 2. The smallest absolute Gasteiger partial charge is 0.407 e. The highest BCUT2D eigenvalue weighted by molar-refractivity contribution is 7.81. The number of nitrogens with one attached hydrogen (secondary N) is 2. The molecule has 0 aliphatic carbocycles. The number of hydrogen-bond acceptors (Lipinski definition) is 11. The molecule has 0 spiro atoms. The number of thiol groups is 1. The number of nitrogens with two attached hydrogens (primary N) is 2. The number of alkyl carbamates (subject to hydrolysis) is 1. The number of hydrogen-bond donors (Lipinski definition) is 5. The molecule has 38 heavy (non-hydrogen) atoms. The number of fused-ring (bicyclic) bond motifs is 1. The lowest BCUT2D eigenvalue weighted by atomic mass is 10.1. The number of ether oxygens (including phenoxy) is 3. The number of para-hydroxylation sites is 2. The first kappa shape index (κ1) is 26.8. The van der Waals surface area contributed by atoms with Crippen molar-refractivity contribution in [1.29, 1.82) is 0 Å². The summed E-state index contributed by atoms with van der Waals surface area (Å²) < 4.78 is 17.0. The molecule has 1 atom stereocenters. The molecule has 1 amide bonds. The lowest BCUT2D eigenvalue weighted by Gasteiger charge is -2.34. The van der Waals surface area contributed by atoms with Gasteiger partial charge in [0.25, 0.3) is 0 Å². The second-order valence-corrected chi connectivity index (χ2v) is 9.41. The van der Waals surface area contributed by atoms with Crippen molar-refractivity contribution in [2.75, 3.05) is 31.7 Å². The van der Waals surface area contributed by atoms with Gasteiger partial charge in [0.15, 0.2) is 11.2 Å². The van der Waals surface area contributed by atoms with E-state index in [-0.39, 0.29) is 19.2 Å². The van der Waals surface area contributed by atoms with Crippen LogP contribution in [0, 0.1) is 0 Å². The fraction of sp³-hybridized carbons (Fsp3) is 0.280. The largest absolute Gasteiger partial charge is 0.471 e. The molecule has 0 saturated heterocycles. The number of rotatable bonds is 11. The third-order valence-corrected chi connectivity index (χ3v) is 6.12. The molecular weight excluding hydrogens is 508 g/mol. The van der Waals surface area contributed by atoms with Crippen molar-refractivity contribution >= 4 is 41.5 Å². The van der Waals surface area contributed by atoms with Crippen molar-refractivity contribution in [1.82, 2.24) is 30.2 Å². The minimum atomic E-state index is -0.953. The Balaban J connectivity index is 1.18. The molecule has 13 heteroatoms. The summed E-state index contributed by atoms with van der Waals surface area (Å²) in [6, 6.07) is 14.8. The van der Waals surface area contributed by atoms with Crippen LogP contribution in [0.2, 0.25) is 0 Å². The number of anilines is 2. The number of aromatic nitrogens is 4. The molecule has 0 fully saturated rings. The van der Waals surface area contributed by atoms with Gasteiger partial charge in [0.05, 0.1) is 12.0 Å². The van der Waals surface area contributed by atoms with Gasteiger partial charge in [0.1, 0.15) is 19.0 Å². The van der Waals surface area contributed by atoms with E-state index in [1.165, 1.54) is 6.33 Å². The van der Waals surface area contributed by atoms with Gasteiger partial charge in [-0.3, -0.25) is 4.90 Å². The highest BCUT2D eigenvalue weighted by Gasteiger charge is 2.27. The lowest BCUT2D eigenvalue weighted by molar-refractivity contribution is 0.0165. The molecular formula is C25H30N8O4S. The average Bonchev–Trinajstić information content (AvgIpc) is 3.36. The minimum absolute atomic E-state index is 0.0991. The van der Waals surface area contributed by atoms with E-state index < -0.39 is 11.2 Å². The van der Waals surface area contributed by atoms with Crippen molar-refractivity contribution in [3.05, 3.63) is 66.0 Å². The Bertz CT molecular complexity index is 1380. The van der Waals surface area contributed by atoms with Crippen molar-refractivity contribution in [3.8, 4) is 11.6 Å². The number of likely N-dealkylation sites (N-methyl/N-ethyl adjacent to an activating group) is 1. The topological polar surface area (TPSA) is 167 Å². The summed E-state index contributed by atoms with van der Waals surface area (Å²) in [6.45, 7) is 2.92. The maximum Gasteiger partial charge on any atom is 0.407 e. The van der Waals surface area contributed by atoms with Gasteiger partial charge >= 0.3 is 6.09 Å². The van der Waals surface area contributed by atoms with Crippen molar-refractivity contribution in [2.45, 2.75) is 25.1 Å². The Hall–Kier alpha value is -4.23. The number of amides is 1. The van der Waals surface area contributed by atoms with Crippen LogP contribution in [0.25, 0.3) is 11.2 Å². The Kier molecular flexibility index (Phi) is 8.38.